The molecule has 1 aromatic rings. The first kappa shape index (κ1) is 14.8. The van der Waals surface area contributed by atoms with Crippen LogP contribution in [-0.4, -0.2) is 55.0 Å². The molecule has 2 aliphatic heterocycles. The summed E-state index contributed by atoms with van der Waals surface area (Å²) in [6.45, 7) is 4.48. The van der Waals surface area contributed by atoms with Crippen molar-refractivity contribution < 1.29 is 9.13 Å². The number of ether oxygens (including phenoxy) is 1. The normalized spacial score (nSPS) is 18.6. The van der Waals surface area contributed by atoms with E-state index in [1.807, 2.05) is 0 Å². The summed E-state index contributed by atoms with van der Waals surface area (Å²) in [5, 5.41) is 7.85. The van der Waals surface area contributed by atoms with Crippen molar-refractivity contribution in [1.29, 1.82) is 5.41 Å². The largest absolute Gasteiger partial charge is 0.372 e. The van der Waals surface area contributed by atoms with E-state index in [1.165, 1.54) is 12.1 Å². The van der Waals surface area contributed by atoms with Crippen molar-refractivity contribution in [2.24, 2.45) is 0 Å². The lowest BCUT2D eigenvalue weighted by molar-refractivity contribution is 0.112. The summed E-state index contributed by atoms with van der Waals surface area (Å²) in [7, 11) is 0. The van der Waals surface area contributed by atoms with E-state index in [0.29, 0.717) is 19.0 Å². The van der Waals surface area contributed by atoms with Crippen molar-refractivity contribution in [3.05, 3.63) is 54.0 Å². The Balaban J connectivity index is 1.52. The smallest absolute Gasteiger partial charge is 0.123 e. The van der Waals surface area contributed by atoms with E-state index in [2.05, 4.69) is 28.2 Å². The zero-order chi connectivity index (χ0) is 15.4. The van der Waals surface area contributed by atoms with Crippen LogP contribution in [0.25, 0.3) is 5.57 Å². The maximum Gasteiger partial charge on any atom is 0.123 e. The molecule has 0 unspecified atom stereocenters. The van der Waals surface area contributed by atoms with Gasteiger partial charge in [-0.15, -0.1) is 0 Å². The lowest BCUT2D eigenvalue weighted by atomic mass is 10.0. The molecule has 2 aliphatic rings. The number of nitrogens with one attached hydrogen (secondary N) is 1. The number of hydrogen-bond acceptors (Lipinski definition) is 3. The monoisotopic (exact) mass is 301 g/mol. The molecule has 0 bridgehead atoms. The molecular weight excluding hydrogens is 281 g/mol. The molecule has 0 aromatic heterocycles. The molecule has 1 N–H and O–H groups in total. The molecule has 0 spiro atoms. The minimum absolute atomic E-state index is 0.210. The van der Waals surface area contributed by atoms with E-state index < -0.39 is 0 Å². The SMILES string of the molecule is N=C1COCCN1CCN1C=CC(c2ccc(F)cc2)=CC1. The number of amidine groups is 1. The third-order valence-corrected chi connectivity index (χ3v) is 3.97. The number of allylic oxidation sites excluding steroid dienone is 2. The van der Waals surface area contributed by atoms with E-state index in [0.717, 1.165) is 37.3 Å². The Morgan fingerprint density at radius 1 is 1.18 bits per heavy atom. The van der Waals surface area contributed by atoms with Gasteiger partial charge in [-0.25, -0.2) is 4.39 Å². The van der Waals surface area contributed by atoms with Crippen molar-refractivity contribution in [2.75, 3.05) is 39.4 Å². The molecular formula is C17H20FN3O. The van der Waals surface area contributed by atoms with Crippen LogP contribution in [0.2, 0.25) is 0 Å². The van der Waals surface area contributed by atoms with Gasteiger partial charge in [-0.1, -0.05) is 18.2 Å². The van der Waals surface area contributed by atoms with Crippen molar-refractivity contribution in [3.63, 3.8) is 0 Å². The predicted molar refractivity (Wildman–Crippen MR) is 85.2 cm³/mol. The average Bonchev–Trinajstić information content (AvgIpc) is 2.55. The van der Waals surface area contributed by atoms with E-state index in [1.54, 1.807) is 12.1 Å². The van der Waals surface area contributed by atoms with Gasteiger partial charge in [0.25, 0.3) is 0 Å². The van der Waals surface area contributed by atoms with Gasteiger partial charge in [-0.05, 0) is 29.3 Å². The lowest BCUT2D eigenvalue weighted by Crippen LogP contribution is -2.44. The fourth-order valence-electron chi connectivity index (χ4n) is 2.62. The summed E-state index contributed by atoms with van der Waals surface area (Å²) in [5.41, 5.74) is 2.16. The molecule has 0 amide bonds. The fraction of sp³-hybridized carbons (Fsp3) is 0.353. The van der Waals surface area contributed by atoms with Crippen LogP contribution in [0.4, 0.5) is 4.39 Å². The summed E-state index contributed by atoms with van der Waals surface area (Å²) >= 11 is 0. The minimum atomic E-state index is -0.210. The van der Waals surface area contributed by atoms with Crippen molar-refractivity contribution >= 4 is 11.4 Å². The summed E-state index contributed by atoms with van der Waals surface area (Å²) in [5.74, 6) is 0.355. The predicted octanol–water partition coefficient (Wildman–Crippen LogP) is 2.35. The molecule has 1 aromatic carbocycles. The molecule has 1 saturated heterocycles. The average molecular weight is 301 g/mol. The first-order valence-corrected chi connectivity index (χ1v) is 7.51. The molecule has 0 atom stereocenters. The maximum absolute atomic E-state index is 12.9. The standard InChI is InChI=1S/C17H20FN3O/c18-16-3-1-14(2-4-16)15-5-7-20(8-6-15)9-10-21-11-12-22-13-17(21)19/h1-7,19H,8-13H2. The Hall–Kier alpha value is -2.14. The third-order valence-electron chi connectivity index (χ3n) is 3.97. The second kappa shape index (κ2) is 6.75. The fourth-order valence-corrected chi connectivity index (χ4v) is 2.62. The highest BCUT2D eigenvalue weighted by atomic mass is 19.1. The van der Waals surface area contributed by atoms with E-state index in [9.17, 15) is 4.39 Å². The molecule has 2 heterocycles. The van der Waals surface area contributed by atoms with E-state index >= 15 is 0 Å². The van der Waals surface area contributed by atoms with Gasteiger partial charge in [0.2, 0.25) is 0 Å². The van der Waals surface area contributed by atoms with Gasteiger partial charge in [0.05, 0.1) is 6.61 Å². The molecule has 3 rings (SSSR count). The summed E-state index contributed by atoms with van der Waals surface area (Å²) in [6.07, 6.45) is 6.28. The van der Waals surface area contributed by atoms with Crippen LogP contribution in [0.1, 0.15) is 5.56 Å². The molecule has 22 heavy (non-hydrogen) atoms. The highest BCUT2D eigenvalue weighted by Crippen LogP contribution is 2.19. The molecule has 0 radical (unpaired) electrons. The number of halogens is 1. The molecule has 0 aliphatic carbocycles. The molecule has 1 fully saturated rings. The number of benzene rings is 1. The summed E-state index contributed by atoms with van der Waals surface area (Å²) in [4.78, 5) is 4.28. The maximum atomic E-state index is 12.9. The highest BCUT2D eigenvalue weighted by Gasteiger charge is 2.16. The Labute approximate surface area is 130 Å². The van der Waals surface area contributed by atoms with Gasteiger partial charge < -0.3 is 14.5 Å². The highest BCUT2D eigenvalue weighted by molar-refractivity contribution is 5.80. The first-order chi connectivity index (χ1) is 10.7. The Morgan fingerprint density at radius 3 is 2.68 bits per heavy atom. The van der Waals surface area contributed by atoms with E-state index in [4.69, 9.17) is 10.1 Å². The first-order valence-electron chi connectivity index (χ1n) is 7.51. The number of nitrogens with zero attached hydrogens (tertiary/aromatic N) is 2. The summed E-state index contributed by atoms with van der Waals surface area (Å²) in [6, 6.07) is 6.58. The van der Waals surface area contributed by atoms with Crippen LogP contribution in [0.3, 0.4) is 0 Å². The molecule has 4 nitrogen and oxygen atoms in total. The molecule has 116 valence electrons. The van der Waals surface area contributed by atoms with Crippen LogP contribution in [0.5, 0.6) is 0 Å². The second-order valence-electron chi connectivity index (χ2n) is 5.46. The molecule has 0 saturated carbocycles. The van der Waals surface area contributed by atoms with Gasteiger partial charge >= 0.3 is 0 Å². The van der Waals surface area contributed by atoms with Crippen LogP contribution in [0.15, 0.2) is 42.6 Å². The van der Waals surface area contributed by atoms with Gasteiger partial charge in [0, 0.05) is 32.4 Å². The third kappa shape index (κ3) is 3.54. The van der Waals surface area contributed by atoms with Gasteiger partial charge in [-0.3, -0.25) is 5.41 Å². The van der Waals surface area contributed by atoms with Crippen LogP contribution in [-0.2, 0) is 4.74 Å². The zero-order valence-corrected chi connectivity index (χ0v) is 12.5. The topological polar surface area (TPSA) is 39.6 Å². The lowest BCUT2D eigenvalue weighted by Gasteiger charge is -2.32. The van der Waals surface area contributed by atoms with E-state index in [-0.39, 0.29) is 5.82 Å². The Kier molecular flexibility index (Phi) is 4.53. The van der Waals surface area contributed by atoms with Crippen LogP contribution in [0, 0.1) is 11.2 Å². The molecule has 5 heteroatoms. The Morgan fingerprint density at radius 2 is 2.00 bits per heavy atom. The van der Waals surface area contributed by atoms with Gasteiger partial charge in [0.15, 0.2) is 0 Å². The second-order valence-corrected chi connectivity index (χ2v) is 5.46. The number of hydrogen-bond donors (Lipinski definition) is 1. The van der Waals surface area contributed by atoms with Crippen molar-refractivity contribution in [1.82, 2.24) is 9.80 Å². The van der Waals surface area contributed by atoms with Crippen LogP contribution < -0.4 is 0 Å². The van der Waals surface area contributed by atoms with Crippen molar-refractivity contribution in [3.8, 4) is 0 Å². The van der Waals surface area contributed by atoms with Crippen molar-refractivity contribution in [2.45, 2.75) is 0 Å². The van der Waals surface area contributed by atoms with Gasteiger partial charge in [0.1, 0.15) is 18.3 Å². The quantitative estimate of drug-likeness (QED) is 0.928. The number of rotatable bonds is 4. The Bertz CT molecular complexity index is 594. The minimum Gasteiger partial charge on any atom is -0.372 e. The van der Waals surface area contributed by atoms with Gasteiger partial charge in [-0.2, -0.15) is 0 Å². The summed E-state index contributed by atoms with van der Waals surface area (Å²) < 4.78 is 18.2. The number of morpholine rings is 1. The van der Waals surface area contributed by atoms with Crippen LogP contribution >= 0.6 is 0 Å². The zero-order valence-electron chi connectivity index (χ0n) is 12.5.